The van der Waals surface area contributed by atoms with E-state index in [0.29, 0.717) is 57.6 Å². The van der Waals surface area contributed by atoms with E-state index in [0.717, 1.165) is 11.3 Å². The van der Waals surface area contributed by atoms with Gasteiger partial charge in [0.25, 0.3) is 0 Å². The third kappa shape index (κ3) is 6.42. The van der Waals surface area contributed by atoms with Crippen molar-refractivity contribution in [2.45, 2.75) is 13.8 Å². The van der Waals surface area contributed by atoms with E-state index in [2.05, 4.69) is 37.3 Å². The van der Waals surface area contributed by atoms with Crippen molar-refractivity contribution in [1.29, 1.82) is 5.26 Å². The van der Waals surface area contributed by atoms with Gasteiger partial charge in [0, 0.05) is 41.6 Å². The standard InChI is InChI=1S/C23H22Cl2N8/c1-14-12-31-22(32-14)15(2)21(18-6-5-17(24)10-19(18)25)33-23(27-3)29-9-8-28-20-7-4-16(11-26)13-30-20/h4-7,10,12-13H,3,8-9H2,1-2H3,(H,28,30)(H,29,33)(H,31,32)/b21-15+. The monoisotopic (exact) mass is 480 g/mol. The first-order valence-corrected chi connectivity index (χ1v) is 10.7. The molecule has 8 nitrogen and oxygen atoms in total. The van der Waals surface area contributed by atoms with E-state index < -0.39 is 0 Å². The number of nitrogens with one attached hydrogen (secondary N) is 3. The number of allylic oxidation sites excluding steroid dienone is 1. The van der Waals surface area contributed by atoms with E-state index in [4.69, 9.17) is 33.5 Å². The minimum Gasteiger partial charge on any atom is -0.368 e. The quantitative estimate of drug-likeness (QED) is 0.251. The third-order valence-corrected chi connectivity index (χ3v) is 5.12. The van der Waals surface area contributed by atoms with Gasteiger partial charge in [0.15, 0.2) is 0 Å². The second kappa shape index (κ2) is 11.3. The first-order chi connectivity index (χ1) is 15.9. The molecule has 0 unspecified atom stereocenters. The van der Waals surface area contributed by atoms with E-state index in [1.165, 1.54) is 6.20 Å². The Morgan fingerprint density at radius 1 is 1.24 bits per heavy atom. The van der Waals surface area contributed by atoms with Crippen LogP contribution in [-0.4, -0.2) is 40.7 Å². The van der Waals surface area contributed by atoms with Gasteiger partial charge in [0.05, 0.1) is 22.0 Å². The van der Waals surface area contributed by atoms with Gasteiger partial charge in [0.2, 0.25) is 5.96 Å². The number of imidazole rings is 1. The number of guanidine groups is 1. The molecule has 3 N–H and O–H groups in total. The highest BCUT2D eigenvalue weighted by atomic mass is 35.5. The number of H-pyrrole nitrogens is 1. The van der Waals surface area contributed by atoms with Gasteiger partial charge in [0.1, 0.15) is 17.7 Å². The first kappa shape index (κ1) is 24.0. The zero-order valence-corrected chi connectivity index (χ0v) is 19.7. The van der Waals surface area contributed by atoms with Crippen molar-refractivity contribution >= 4 is 53.0 Å². The number of benzene rings is 1. The number of pyridine rings is 1. The fourth-order valence-electron chi connectivity index (χ4n) is 2.91. The minimum absolute atomic E-state index is 0.327. The molecule has 2 heterocycles. The van der Waals surface area contributed by atoms with Crippen LogP contribution in [-0.2, 0) is 0 Å². The molecular weight excluding hydrogens is 459 g/mol. The summed E-state index contributed by atoms with van der Waals surface area (Å²) in [5, 5.41) is 16.2. The average molecular weight is 481 g/mol. The minimum atomic E-state index is 0.327. The van der Waals surface area contributed by atoms with Crippen LogP contribution in [0, 0.1) is 18.3 Å². The molecule has 1 aromatic carbocycles. The molecule has 0 atom stereocenters. The summed E-state index contributed by atoms with van der Waals surface area (Å²) in [6.45, 7) is 8.48. The molecule has 0 amide bonds. The Labute approximate surface area is 202 Å². The summed E-state index contributed by atoms with van der Waals surface area (Å²) in [4.78, 5) is 20.5. The summed E-state index contributed by atoms with van der Waals surface area (Å²) in [5.41, 5.74) is 3.43. The van der Waals surface area contributed by atoms with E-state index in [1.807, 2.05) is 32.2 Å². The average Bonchev–Trinajstić information content (AvgIpc) is 3.25. The largest absolute Gasteiger partial charge is 0.368 e. The fraction of sp³-hybridized carbons (Fsp3) is 0.174. The Hall–Kier alpha value is -3.67. The molecular formula is C23H22Cl2N8. The number of nitriles is 1. The summed E-state index contributed by atoms with van der Waals surface area (Å²) in [7, 11) is 0. The lowest BCUT2D eigenvalue weighted by Crippen LogP contribution is -2.27. The van der Waals surface area contributed by atoms with Crippen molar-refractivity contribution in [2.75, 3.05) is 18.4 Å². The molecule has 0 fully saturated rings. The third-order valence-electron chi connectivity index (χ3n) is 4.58. The summed E-state index contributed by atoms with van der Waals surface area (Å²) < 4.78 is 0. The normalized spacial score (nSPS) is 12.0. The highest BCUT2D eigenvalue weighted by molar-refractivity contribution is 6.36. The predicted octanol–water partition coefficient (Wildman–Crippen LogP) is 4.94. The van der Waals surface area contributed by atoms with Gasteiger partial charge in [-0.3, -0.25) is 0 Å². The molecule has 0 saturated heterocycles. The summed E-state index contributed by atoms with van der Waals surface area (Å²) >= 11 is 12.6. The Bertz CT molecular complexity index is 1240. The van der Waals surface area contributed by atoms with Crippen molar-refractivity contribution in [3.63, 3.8) is 0 Å². The van der Waals surface area contributed by atoms with Crippen molar-refractivity contribution in [2.24, 2.45) is 9.98 Å². The number of rotatable bonds is 7. The molecule has 0 bridgehead atoms. The van der Waals surface area contributed by atoms with Gasteiger partial charge in [-0.1, -0.05) is 23.2 Å². The Kier molecular flexibility index (Phi) is 8.19. The molecule has 3 rings (SSSR count). The lowest BCUT2D eigenvalue weighted by atomic mass is 10.1. The molecule has 0 spiro atoms. The molecule has 0 radical (unpaired) electrons. The van der Waals surface area contributed by atoms with E-state index >= 15 is 0 Å². The molecule has 33 heavy (non-hydrogen) atoms. The van der Waals surface area contributed by atoms with Gasteiger partial charge in [-0.2, -0.15) is 5.26 Å². The molecule has 3 aromatic rings. The number of hydrogen-bond acceptors (Lipinski definition) is 5. The van der Waals surface area contributed by atoms with Crippen LogP contribution in [0.5, 0.6) is 0 Å². The summed E-state index contributed by atoms with van der Waals surface area (Å²) in [5.74, 6) is 1.67. The number of aromatic amines is 1. The SMILES string of the molecule is C=N/C(=N\C(=C(/C)c1nc(C)c[nH]1)c1ccc(Cl)cc1Cl)NCCNc1ccc(C#N)cn1. The molecule has 168 valence electrons. The number of hydrogen-bond donors (Lipinski definition) is 3. The number of halogens is 2. The lowest BCUT2D eigenvalue weighted by molar-refractivity contribution is 0.894. The van der Waals surface area contributed by atoms with Crippen LogP contribution in [0.25, 0.3) is 11.3 Å². The van der Waals surface area contributed by atoms with Gasteiger partial charge >= 0.3 is 0 Å². The van der Waals surface area contributed by atoms with Crippen molar-refractivity contribution in [3.8, 4) is 6.07 Å². The number of nitrogens with zero attached hydrogens (tertiary/aromatic N) is 5. The molecule has 0 aliphatic carbocycles. The van der Waals surface area contributed by atoms with Crippen LogP contribution >= 0.6 is 23.2 Å². The highest BCUT2D eigenvalue weighted by Crippen LogP contribution is 2.32. The summed E-state index contributed by atoms with van der Waals surface area (Å²) in [6.07, 6.45) is 3.33. The zero-order chi connectivity index (χ0) is 23.8. The van der Waals surface area contributed by atoms with Gasteiger partial charge in [-0.15, -0.1) is 0 Å². The van der Waals surface area contributed by atoms with E-state index in [-0.39, 0.29) is 0 Å². The molecule has 10 heteroatoms. The smallest absolute Gasteiger partial charge is 0.222 e. The Morgan fingerprint density at radius 3 is 2.67 bits per heavy atom. The van der Waals surface area contributed by atoms with Crippen LogP contribution in [0.2, 0.25) is 10.0 Å². The maximum Gasteiger partial charge on any atom is 0.222 e. The first-order valence-electron chi connectivity index (χ1n) is 9.99. The topological polar surface area (TPSA) is 114 Å². The second-order valence-electron chi connectivity index (χ2n) is 6.98. The molecule has 2 aromatic heterocycles. The van der Waals surface area contributed by atoms with Crippen molar-refractivity contribution in [3.05, 3.63) is 75.4 Å². The van der Waals surface area contributed by atoms with Gasteiger partial charge < -0.3 is 15.6 Å². The second-order valence-corrected chi connectivity index (χ2v) is 7.82. The Balaban J connectivity index is 1.82. The van der Waals surface area contributed by atoms with Crippen LogP contribution in [0.1, 0.15) is 29.6 Å². The number of aromatic nitrogens is 3. The van der Waals surface area contributed by atoms with E-state index in [1.54, 1.807) is 24.3 Å². The van der Waals surface area contributed by atoms with Gasteiger partial charge in [-0.05, 0) is 50.9 Å². The highest BCUT2D eigenvalue weighted by Gasteiger charge is 2.14. The molecule has 0 saturated carbocycles. The number of anilines is 1. The zero-order valence-electron chi connectivity index (χ0n) is 18.2. The summed E-state index contributed by atoms with van der Waals surface area (Å²) in [6, 6.07) is 10.7. The fourth-order valence-corrected chi connectivity index (χ4v) is 3.41. The van der Waals surface area contributed by atoms with Crippen LogP contribution in [0.3, 0.4) is 0 Å². The van der Waals surface area contributed by atoms with Crippen LogP contribution < -0.4 is 10.6 Å². The van der Waals surface area contributed by atoms with Crippen molar-refractivity contribution in [1.82, 2.24) is 20.3 Å². The van der Waals surface area contributed by atoms with E-state index in [9.17, 15) is 0 Å². The lowest BCUT2D eigenvalue weighted by Gasteiger charge is -2.12. The van der Waals surface area contributed by atoms with Crippen LogP contribution in [0.4, 0.5) is 5.82 Å². The van der Waals surface area contributed by atoms with Crippen molar-refractivity contribution < 1.29 is 0 Å². The predicted molar refractivity (Wildman–Crippen MR) is 135 cm³/mol. The van der Waals surface area contributed by atoms with Crippen LogP contribution in [0.15, 0.2) is 52.7 Å². The maximum atomic E-state index is 8.85. The number of aryl methyl sites for hydroxylation is 1. The maximum absolute atomic E-state index is 8.85. The molecule has 0 aliphatic heterocycles. The van der Waals surface area contributed by atoms with Gasteiger partial charge in [-0.25, -0.2) is 20.0 Å². The Morgan fingerprint density at radius 2 is 2.06 bits per heavy atom. The molecule has 0 aliphatic rings. The number of aliphatic imine (C=N–C) groups is 2.